The van der Waals surface area contributed by atoms with Crippen LogP contribution >= 0.6 is 0 Å². The van der Waals surface area contributed by atoms with Crippen LogP contribution in [0.4, 0.5) is 0 Å². The molecule has 96 valence electrons. The summed E-state index contributed by atoms with van der Waals surface area (Å²) in [6.07, 6.45) is 3.12. The highest BCUT2D eigenvalue weighted by Crippen LogP contribution is 2.19. The Morgan fingerprint density at radius 1 is 1.11 bits per heavy atom. The van der Waals surface area contributed by atoms with Gasteiger partial charge >= 0.3 is 5.97 Å². The van der Waals surface area contributed by atoms with Gasteiger partial charge in [0.25, 0.3) is 0 Å². The standard InChI is InChI=1S/C14H12N2O3/c17-12(10-5-2-1-3-6-10)9-11(14(18)19)13-15-7-4-8-16-13/h1-9,12,17H,(H,18,19). The van der Waals surface area contributed by atoms with E-state index >= 15 is 0 Å². The van der Waals surface area contributed by atoms with E-state index in [0.717, 1.165) is 0 Å². The van der Waals surface area contributed by atoms with Crippen LogP contribution in [0.5, 0.6) is 0 Å². The minimum atomic E-state index is -1.18. The van der Waals surface area contributed by atoms with Gasteiger partial charge < -0.3 is 10.2 Å². The number of hydrogen-bond acceptors (Lipinski definition) is 4. The molecule has 0 bridgehead atoms. The Labute approximate surface area is 109 Å². The van der Waals surface area contributed by atoms with Crippen molar-refractivity contribution in [3.8, 4) is 0 Å². The molecule has 1 heterocycles. The van der Waals surface area contributed by atoms with Gasteiger partial charge in [0, 0.05) is 12.4 Å². The summed E-state index contributed by atoms with van der Waals surface area (Å²) in [5.41, 5.74) is 0.481. The lowest BCUT2D eigenvalue weighted by Gasteiger charge is -2.07. The van der Waals surface area contributed by atoms with E-state index in [1.807, 2.05) is 6.07 Å². The Morgan fingerprint density at radius 3 is 2.32 bits per heavy atom. The predicted molar refractivity (Wildman–Crippen MR) is 69.0 cm³/mol. The molecule has 2 N–H and O–H groups in total. The smallest absolute Gasteiger partial charge is 0.339 e. The number of rotatable bonds is 4. The minimum Gasteiger partial charge on any atom is -0.478 e. The van der Waals surface area contributed by atoms with Crippen LogP contribution in [-0.4, -0.2) is 26.2 Å². The number of carboxylic acid groups (broad SMARTS) is 1. The van der Waals surface area contributed by atoms with Crippen LogP contribution in [0.15, 0.2) is 54.9 Å². The van der Waals surface area contributed by atoms with Crippen LogP contribution in [0.2, 0.25) is 0 Å². The summed E-state index contributed by atoms with van der Waals surface area (Å²) in [6, 6.07) is 10.4. The third-order valence-electron chi connectivity index (χ3n) is 2.50. The quantitative estimate of drug-likeness (QED) is 0.813. The molecule has 0 aliphatic heterocycles. The van der Waals surface area contributed by atoms with E-state index in [-0.39, 0.29) is 11.4 Å². The van der Waals surface area contributed by atoms with Gasteiger partial charge in [0.1, 0.15) is 5.57 Å². The molecule has 2 aromatic rings. The number of hydrogen-bond donors (Lipinski definition) is 2. The molecule has 0 aliphatic carbocycles. The predicted octanol–water partition coefficient (Wildman–Crippen LogP) is 1.68. The molecule has 1 aromatic heterocycles. The van der Waals surface area contributed by atoms with E-state index < -0.39 is 12.1 Å². The first kappa shape index (κ1) is 12.9. The first-order valence-corrected chi connectivity index (χ1v) is 5.64. The normalized spacial score (nSPS) is 13.0. The molecule has 0 amide bonds. The molecule has 0 spiro atoms. The molecule has 0 radical (unpaired) electrons. The second-order valence-electron chi connectivity index (χ2n) is 3.81. The van der Waals surface area contributed by atoms with Crippen molar-refractivity contribution in [2.75, 3.05) is 0 Å². The Kier molecular flexibility index (Phi) is 4.00. The van der Waals surface area contributed by atoms with Gasteiger partial charge in [-0.3, -0.25) is 0 Å². The molecular weight excluding hydrogens is 244 g/mol. The maximum atomic E-state index is 11.2. The van der Waals surface area contributed by atoms with E-state index in [0.29, 0.717) is 5.56 Å². The highest BCUT2D eigenvalue weighted by Gasteiger charge is 2.15. The number of aliphatic hydroxyl groups is 1. The molecule has 1 unspecified atom stereocenters. The fourth-order valence-corrected chi connectivity index (χ4v) is 1.58. The van der Waals surface area contributed by atoms with Gasteiger partial charge in [-0.05, 0) is 17.7 Å². The van der Waals surface area contributed by atoms with Gasteiger partial charge in [-0.25, -0.2) is 14.8 Å². The number of carboxylic acids is 1. The molecule has 0 aliphatic rings. The van der Waals surface area contributed by atoms with Crippen molar-refractivity contribution in [2.45, 2.75) is 6.10 Å². The van der Waals surface area contributed by atoms with Crippen LogP contribution in [0.25, 0.3) is 5.57 Å². The maximum absolute atomic E-state index is 11.2. The second kappa shape index (κ2) is 5.88. The lowest BCUT2D eigenvalue weighted by Crippen LogP contribution is -2.06. The van der Waals surface area contributed by atoms with Crippen molar-refractivity contribution in [1.29, 1.82) is 0 Å². The molecule has 0 saturated carbocycles. The third-order valence-corrected chi connectivity index (χ3v) is 2.50. The average Bonchev–Trinajstić information content (AvgIpc) is 2.46. The van der Waals surface area contributed by atoms with Crippen LogP contribution in [0.3, 0.4) is 0 Å². The van der Waals surface area contributed by atoms with E-state index in [1.165, 1.54) is 18.5 Å². The van der Waals surface area contributed by atoms with E-state index in [1.54, 1.807) is 30.3 Å². The lowest BCUT2D eigenvalue weighted by atomic mass is 10.1. The molecule has 19 heavy (non-hydrogen) atoms. The summed E-state index contributed by atoms with van der Waals surface area (Å²) in [4.78, 5) is 19.0. The monoisotopic (exact) mass is 256 g/mol. The number of benzene rings is 1. The van der Waals surface area contributed by atoms with Crippen LogP contribution in [-0.2, 0) is 4.79 Å². The van der Waals surface area contributed by atoms with Gasteiger partial charge in [0.05, 0.1) is 6.10 Å². The van der Waals surface area contributed by atoms with Crippen molar-refractivity contribution in [3.05, 3.63) is 66.3 Å². The fourth-order valence-electron chi connectivity index (χ4n) is 1.58. The van der Waals surface area contributed by atoms with Crippen LogP contribution in [0, 0.1) is 0 Å². The van der Waals surface area contributed by atoms with Gasteiger partial charge in [-0.15, -0.1) is 0 Å². The first-order chi connectivity index (χ1) is 9.18. The molecule has 5 nitrogen and oxygen atoms in total. The summed E-state index contributed by atoms with van der Waals surface area (Å²) in [5, 5.41) is 19.2. The fraction of sp³-hybridized carbons (Fsp3) is 0.0714. The van der Waals surface area contributed by atoms with Crippen molar-refractivity contribution in [2.24, 2.45) is 0 Å². The molecule has 0 fully saturated rings. The lowest BCUT2D eigenvalue weighted by molar-refractivity contribution is -0.130. The topological polar surface area (TPSA) is 83.3 Å². The SMILES string of the molecule is O=C(O)C(=CC(O)c1ccccc1)c1ncccn1. The summed E-state index contributed by atoms with van der Waals surface area (Å²) in [6.45, 7) is 0. The average molecular weight is 256 g/mol. The van der Waals surface area contributed by atoms with Crippen LogP contribution < -0.4 is 0 Å². The largest absolute Gasteiger partial charge is 0.478 e. The number of aromatic nitrogens is 2. The van der Waals surface area contributed by atoms with E-state index in [2.05, 4.69) is 9.97 Å². The molecular formula is C14H12N2O3. The number of aliphatic hydroxyl groups excluding tert-OH is 1. The van der Waals surface area contributed by atoms with Gasteiger partial charge in [-0.2, -0.15) is 0 Å². The molecule has 0 saturated heterocycles. The van der Waals surface area contributed by atoms with Crippen molar-refractivity contribution < 1.29 is 15.0 Å². The molecule has 1 atom stereocenters. The summed E-state index contributed by atoms with van der Waals surface area (Å²) < 4.78 is 0. The van der Waals surface area contributed by atoms with Crippen molar-refractivity contribution in [1.82, 2.24) is 9.97 Å². The van der Waals surface area contributed by atoms with Gasteiger partial charge in [0.15, 0.2) is 5.82 Å². The zero-order chi connectivity index (χ0) is 13.7. The number of nitrogens with zero attached hydrogens (tertiary/aromatic N) is 2. The summed E-state index contributed by atoms with van der Waals surface area (Å²) in [7, 11) is 0. The van der Waals surface area contributed by atoms with E-state index in [4.69, 9.17) is 5.11 Å². The van der Waals surface area contributed by atoms with Gasteiger partial charge in [0.2, 0.25) is 0 Å². The van der Waals surface area contributed by atoms with E-state index in [9.17, 15) is 9.90 Å². The highest BCUT2D eigenvalue weighted by atomic mass is 16.4. The van der Waals surface area contributed by atoms with Gasteiger partial charge in [-0.1, -0.05) is 30.3 Å². The summed E-state index contributed by atoms with van der Waals surface area (Å²) in [5.74, 6) is -1.11. The van der Waals surface area contributed by atoms with Crippen molar-refractivity contribution in [3.63, 3.8) is 0 Å². The highest BCUT2D eigenvalue weighted by molar-refractivity contribution is 6.14. The number of carbonyl (C=O) groups is 1. The van der Waals surface area contributed by atoms with Crippen LogP contribution in [0.1, 0.15) is 17.5 Å². The minimum absolute atomic E-state index is 0.0741. The zero-order valence-electron chi connectivity index (χ0n) is 9.97. The van der Waals surface area contributed by atoms with Crippen molar-refractivity contribution >= 4 is 11.5 Å². The number of aliphatic carboxylic acids is 1. The first-order valence-electron chi connectivity index (χ1n) is 5.64. The second-order valence-corrected chi connectivity index (χ2v) is 3.81. The Morgan fingerprint density at radius 2 is 1.74 bits per heavy atom. The Bertz CT molecular complexity index is 582. The summed E-state index contributed by atoms with van der Waals surface area (Å²) >= 11 is 0. The molecule has 1 aromatic carbocycles. The molecule has 5 heteroatoms. The third kappa shape index (κ3) is 3.23. The molecule has 2 rings (SSSR count). The zero-order valence-corrected chi connectivity index (χ0v) is 9.97. The Balaban J connectivity index is 2.35. The maximum Gasteiger partial charge on any atom is 0.339 e. The Hall–Kier alpha value is -2.53.